The summed E-state index contributed by atoms with van der Waals surface area (Å²) in [4.78, 5) is 4.27. The number of pyridine rings is 1. The molecule has 0 spiro atoms. The highest BCUT2D eigenvalue weighted by Crippen LogP contribution is 2.23. The lowest BCUT2D eigenvalue weighted by molar-refractivity contribution is 0.553. The highest BCUT2D eigenvalue weighted by Gasteiger charge is 2.14. The molecule has 2 aromatic rings. The predicted octanol–water partition coefficient (Wildman–Crippen LogP) is 3.69. The molecule has 0 fully saturated rings. The Morgan fingerprint density at radius 1 is 1.32 bits per heavy atom. The molecule has 1 N–H and O–H groups in total. The lowest BCUT2D eigenvalue weighted by Crippen LogP contribution is -2.19. The molecular weight excluding hydrogens is 263 g/mol. The van der Waals surface area contributed by atoms with Crippen LogP contribution in [-0.2, 0) is 6.42 Å². The van der Waals surface area contributed by atoms with Gasteiger partial charge in [0.2, 0.25) is 0 Å². The van der Waals surface area contributed by atoms with Gasteiger partial charge in [-0.1, -0.05) is 29.8 Å². The van der Waals surface area contributed by atoms with E-state index in [2.05, 4.69) is 10.3 Å². The quantitative estimate of drug-likeness (QED) is 0.923. The Morgan fingerprint density at radius 2 is 2.11 bits per heavy atom. The molecule has 0 aliphatic heterocycles. The third-order valence-corrected chi connectivity index (χ3v) is 3.43. The van der Waals surface area contributed by atoms with Crippen molar-refractivity contribution >= 4 is 11.6 Å². The molecule has 0 radical (unpaired) electrons. The molecule has 1 atom stereocenters. The van der Waals surface area contributed by atoms with E-state index in [1.807, 2.05) is 32.3 Å². The Balaban J connectivity index is 2.24. The van der Waals surface area contributed by atoms with Crippen molar-refractivity contribution in [2.45, 2.75) is 19.4 Å². The minimum absolute atomic E-state index is 0.0149. The fourth-order valence-corrected chi connectivity index (χ4v) is 2.19. The molecule has 0 saturated carbocycles. The van der Waals surface area contributed by atoms with E-state index in [0.29, 0.717) is 12.0 Å². The average molecular weight is 279 g/mol. The molecular formula is C15H16ClFN2. The Bertz CT molecular complexity index is 555. The van der Waals surface area contributed by atoms with Crippen molar-refractivity contribution in [3.8, 4) is 0 Å². The smallest absolute Gasteiger partial charge is 0.145 e. The number of aromatic nitrogens is 1. The second-order valence-corrected chi connectivity index (χ2v) is 4.90. The minimum Gasteiger partial charge on any atom is -0.313 e. The monoisotopic (exact) mass is 278 g/mol. The molecule has 1 aromatic carbocycles. The predicted molar refractivity (Wildman–Crippen MR) is 75.9 cm³/mol. The highest BCUT2D eigenvalue weighted by atomic mass is 35.5. The number of benzene rings is 1. The summed E-state index contributed by atoms with van der Waals surface area (Å²) in [6, 6.07) is 9.05. The maximum Gasteiger partial charge on any atom is 0.145 e. The van der Waals surface area contributed by atoms with Crippen molar-refractivity contribution in [1.82, 2.24) is 10.3 Å². The summed E-state index contributed by atoms with van der Waals surface area (Å²) in [5, 5.41) is 3.34. The van der Waals surface area contributed by atoms with Gasteiger partial charge in [-0.15, -0.1) is 0 Å². The summed E-state index contributed by atoms with van der Waals surface area (Å²) in [7, 11) is 1.85. The molecule has 4 heteroatoms. The number of halogens is 2. The van der Waals surface area contributed by atoms with Gasteiger partial charge in [-0.2, -0.15) is 0 Å². The lowest BCUT2D eigenvalue weighted by atomic mass is 10.00. The third-order valence-electron chi connectivity index (χ3n) is 3.14. The molecule has 1 aromatic heterocycles. The van der Waals surface area contributed by atoms with E-state index >= 15 is 0 Å². The van der Waals surface area contributed by atoms with Gasteiger partial charge in [-0.3, -0.25) is 4.98 Å². The minimum atomic E-state index is -0.343. The molecule has 0 aliphatic carbocycles. The normalized spacial score (nSPS) is 12.4. The first kappa shape index (κ1) is 14.0. The van der Waals surface area contributed by atoms with Gasteiger partial charge in [-0.05, 0) is 43.7 Å². The van der Waals surface area contributed by atoms with Crippen LogP contribution in [0, 0.1) is 12.7 Å². The first-order valence-electron chi connectivity index (χ1n) is 6.14. The summed E-state index contributed by atoms with van der Waals surface area (Å²) in [6.45, 7) is 1.94. The molecule has 1 unspecified atom stereocenters. The second-order valence-electron chi connectivity index (χ2n) is 4.49. The zero-order chi connectivity index (χ0) is 13.8. The number of rotatable bonds is 4. The molecule has 0 bridgehead atoms. The lowest BCUT2D eigenvalue weighted by Gasteiger charge is -2.17. The van der Waals surface area contributed by atoms with Gasteiger partial charge in [0.25, 0.3) is 0 Å². The van der Waals surface area contributed by atoms with E-state index in [1.165, 1.54) is 0 Å². The summed E-state index contributed by atoms with van der Waals surface area (Å²) in [5.41, 5.74) is 2.60. The summed E-state index contributed by atoms with van der Waals surface area (Å²) < 4.78 is 13.9. The van der Waals surface area contributed by atoms with E-state index in [0.717, 1.165) is 11.3 Å². The first-order chi connectivity index (χ1) is 9.11. The Labute approximate surface area is 117 Å². The number of aryl methyl sites for hydroxylation is 1. The van der Waals surface area contributed by atoms with E-state index in [-0.39, 0.29) is 16.9 Å². The molecule has 0 amide bonds. The second kappa shape index (κ2) is 6.13. The number of hydrogen-bond donors (Lipinski definition) is 1. The van der Waals surface area contributed by atoms with Crippen molar-refractivity contribution in [2.75, 3.05) is 7.05 Å². The Hall–Kier alpha value is -1.45. The van der Waals surface area contributed by atoms with E-state index in [4.69, 9.17) is 11.6 Å². The van der Waals surface area contributed by atoms with Crippen molar-refractivity contribution in [3.05, 3.63) is 64.2 Å². The number of nitrogens with one attached hydrogen (secondary N) is 1. The maximum atomic E-state index is 13.9. The van der Waals surface area contributed by atoms with Crippen molar-refractivity contribution in [2.24, 2.45) is 0 Å². The number of likely N-dealkylation sites (N-methyl/N-ethyl adjacent to an activating group) is 1. The Kier molecular flexibility index (Phi) is 4.51. The molecule has 2 rings (SSSR count). The zero-order valence-corrected chi connectivity index (χ0v) is 11.7. The van der Waals surface area contributed by atoms with Gasteiger partial charge in [-0.25, -0.2) is 4.39 Å². The summed E-state index contributed by atoms with van der Waals surface area (Å²) in [5.74, 6) is -0.343. The average Bonchev–Trinajstić information content (AvgIpc) is 2.42. The van der Waals surface area contributed by atoms with E-state index in [1.54, 1.807) is 18.2 Å². The van der Waals surface area contributed by atoms with Crippen LogP contribution in [0.2, 0.25) is 5.02 Å². The molecule has 2 nitrogen and oxygen atoms in total. The fraction of sp³-hybridized carbons (Fsp3) is 0.267. The van der Waals surface area contributed by atoms with Crippen LogP contribution in [0.15, 0.2) is 36.5 Å². The molecule has 100 valence electrons. The van der Waals surface area contributed by atoms with Crippen LogP contribution in [-0.4, -0.2) is 12.0 Å². The van der Waals surface area contributed by atoms with E-state index in [9.17, 15) is 4.39 Å². The largest absolute Gasteiger partial charge is 0.313 e. The van der Waals surface area contributed by atoms with Crippen LogP contribution in [0.3, 0.4) is 0 Å². The van der Waals surface area contributed by atoms with Crippen LogP contribution >= 0.6 is 11.6 Å². The standard InChI is InChI=1S/C15H16ClFN2/c1-10-6-7-12(9-19-10)14(18-2)8-11-4-3-5-13(16)15(11)17/h3-7,9,14,18H,8H2,1-2H3. The topological polar surface area (TPSA) is 24.9 Å². The van der Waals surface area contributed by atoms with Gasteiger partial charge in [0.1, 0.15) is 5.82 Å². The Morgan fingerprint density at radius 3 is 2.74 bits per heavy atom. The summed E-state index contributed by atoms with van der Waals surface area (Å²) >= 11 is 5.80. The van der Waals surface area contributed by atoms with Crippen molar-refractivity contribution in [3.63, 3.8) is 0 Å². The first-order valence-corrected chi connectivity index (χ1v) is 6.52. The number of hydrogen-bond acceptors (Lipinski definition) is 2. The van der Waals surface area contributed by atoms with Gasteiger partial charge in [0.05, 0.1) is 5.02 Å². The number of nitrogens with zero attached hydrogens (tertiary/aromatic N) is 1. The van der Waals surface area contributed by atoms with Crippen LogP contribution in [0.4, 0.5) is 4.39 Å². The summed E-state index contributed by atoms with van der Waals surface area (Å²) in [6.07, 6.45) is 2.35. The van der Waals surface area contributed by atoms with E-state index < -0.39 is 0 Å². The molecule has 0 aliphatic rings. The van der Waals surface area contributed by atoms with Gasteiger partial charge < -0.3 is 5.32 Å². The van der Waals surface area contributed by atoms with Crippen LogP contribution in [0.25, 0.3) is 0 Å². The zero-order valence-electron chi connectivity index (χ0n) is 11.0. The van der Waals surface area contributed by atoms with Crippen LogP contribution < -0.4 is 5.32 Å². The van der Waals surface area contributed by atoms with Crippen LogP contribution in [0.1, 0.15) is 22.9 Å². The SMILES string of the molecule is CNC(Cc1cccc(Cl)c1F)c1ccc(C)nc1. The van der Waals surface area contributed by atoms with Gasteiger partial charge >= 0.3 is 0 Å². The maximum absolute atomic E-state index is 13.9. The van der Waals surface area contributed by atoms with Gasteiger partial charge in [0.15, 0.2) is 0 Å². The molecule has 19 heavy (non-hydrogen) atoms. The highest BCUT2D eigenvalue weighted by molar-refractivity contribution is 6.30. The fourth-order valence-electron chi connectivity index (χ4n) is 2.00. The van der Waals surface area contributed by atoms with Gasteiger partial charge in [0, 0.05) is 17.9 Å². The third kappa shape index (κ3) is 3.31. The van der Waals surface area contributed by atoms with Crippen LogP contribution in [0.5, 0.6) is 0 Å². The van der Waals surface area contributed by atoms with Crippen molar-refractivity contribution < 1.29 is 4.39 Å². The molecule has 0 saturated heterocycles. The van der Waals surface area contributed by atoms with Crippen molar-refractivity contribution in [1.29, 1.82) is 0 Å². The molecule has 1 heterocycles.